The van der Waals surface area contributed by atoms with Crippen molar-refractivity contribution in [2.24, 2.45) is 0 Å². The molecule has 0 bridgehead atoms. The van der Waals surface area contributed by atoms with Gasteiger partial charge in [0.05, 0.1) is 31.1 Å². The van der Waals surface area contributed by atoms with Gasteiger partial charge < -0.3 is 4.48 Å². The summed E-state index contributed by atoms with van der Waals surface area (Å²) in [4.78, 5) is -0.0666. The molecule has 0 spiro atoms. The van der Waals surface area contributed by atoms with Crippen molar-refractivity contribution in [3.05, 3.63) is 29.8 Å². The number of rotatable bonds is 11. The molecule has 0 atom stereocenters. The predicted molar refractivity (Wildman–Crippen MR) is 111 cm³/mol. The highest BCUT2D eigenvalue weighted by molar-refractivity contribution is 7.85. The normalized spacial score (nSPS) is 11.8. The van der Waals surface area contributed by atoms with Crippen molar-refractivity contribution in [1.29, 1.82) is 0 Å². The molecular weight excluding hydrogens is 346 g/mol. The average Bonchev–Trinajstić information content (AvgIpc) is 2.62. The number of hydrogen-bond acceptors (Lipinski definition) is 2. The maximum Gasteiger partial charge on any atom is 0.294 e. The maximum atomic E-state index is 10.5. The smallest absolute Gasteiger partial charge is 0.294 e. The van der Waals surface area contributed by atoms with Crippen LogP contribution >= 0.6 is 0 Å². The molecule has 0 amide bonds. The second-order valence-corrected chi connectivity index (χ2v) is 8.49. The molecule has 0 saturated carbocycles. The lowest BCUT2D eigenvalue weighted by molar-refractivity contribution is -0.923. The fourth-order valence-electron chi connectivity index (χ4n) is 3.08. The second-order valence-electron chi connectivity index (χ2n) is 7.07. The molecule has 26 heavy (non-hydrogen) atoms. The Morgan fingerprint density at radius 3 is 1.69 bits per heavy atom. The van der Waals surface area contributed by atoms with Crippen LogP contribution in [-0.2, 0) is 10.1 Å². The molecule has 1 aromatic carbocycles. The molecule has 0 fully saturated rings. The first-order chi connectivity index (χ1) is 12.2. The van der Waals surface area contributed by atoms with Gasteiger partial charge in [-0.1, -0.05) is 50.3 Å². The molecule has 1 N–H and O–H groups in total. The quantitative estimate of drug-likeness (QED) is 0.312. The lowest BCUT2D eigenvalue weighted by Crippen LogP contribution is -2.48. The molecule has 152 valence electrons. The van der Waals surface area contributed by atoms with E-state index in [9.17, 15) is 8.42 Å². The Balaban J connectivity index is 0.000000502. The number of quaternary nitrogens is 1. The van der Waals surface area contributed by atoms with E-state index in [0.717, 1.165) is 5.56 Å². The zero-order valence-corrected chi connectivity index (χ0v) is 18.3. The summed E-state index contributed by atoms with van der Waals surface area (Å²) in [5, 5.41) is 0. The van der Waals surface area contributed by atoms with Gasteiger partial charge in [-0.3, -0.25) is 4.55 Å². The number of benzene rings is 1. The van der Waals surface area contributed by atoms with Crippen LogP contribution in [0.1, 0.15) is 71.8 Å². The molecule has 0 aliphatic carbocycles. The number of unbranched alkanes of at least 4 members (excludes halogenated alkanes) is 5. The van der Waals surface area contributed by atoms with Gasteiger partial charge in [-0.15, -0.1) is 0 Å². The number of nitrogens with zero attached hydrogens (tertiary/aromatic N) is 1. The first-order valence-corrected chi connectivity index (χ1v) is 11.6. The highest BCUT2D eigenvalue weighted by Crippen LogP contribution is 2.11. The summed E-state index contributed by atoms with van der Waals surface area (Å²) >= 11 is 0. The summed E-state index contributed by atoms with van der Waals surface area (Å²) in [5.41, 5.74) is 0.956. The Kier molecular flexibility index (Phi) is 12.8. The zero-order chi connectivity index (χ0) is 20.1. The van der Waals surface area contributed by atoms with Gasteiger partial charge in [0.25, 0.3) is 10.1 Å². The van der Waals surface area contributed by atoms with Crippen LogP contribution in [0.25, 0.3) is 0 Å². The van der Waals surface area contributed by atoms with Crippen LogP contribution in [0.3, 0.4) is 0 Å². The molecule has 0 aromatic heterocycles. The molecule has 0 saturated heterocycles. The summed E-state index contributed by atoms with van der Waals surface area (Å²) in [5.74, 6) is 0. The molecule has 4 nitrogen and oxygen atoms in total. The van der Waals surface area contributed by atoms with Crippen molar-refractivity contribution in [3.8, 4) is 0 Å². The van der Waals surface area contributed by atoms with E-state index in [0.29, 0.717) is 0 Å². The zero-order valence-electron chi connectivity index (χ0n) is 17.5. The van der Waals surface area contributed by atoms with Crippen LogP contribution < -0.4 is 0 Å². The van der Waals surface area contributed by atoms with E-state index in [1.807, 2.05) is 6.92 Å². The van der Waals surface area contributed by atoms with Crippen LogP contribution in [-0.4, -0.2) is 43.6 Å². The minimum atomic E-state index is -4.02. The van der Waals surface area contributed by atoms with Gasteiger partial charge in [0.15, 0.2) is 0 Å². The SMILES string of the molecule is CCCCCCCC[N+](CC)(CC)CC.Cc1ccc(S(=O)(=O)O)cc1. The van der Waals surface area contributed by atoms with Crippen molar-refractivity contribution in [1.82, 2.24) is 0 Å². The van der Waals surface area contributed by atoms with E-state index in [2.05, 4.69) is 27.7 Å². The maximum absolute atomic E-state index is 10.5. The minimum Gasteiger partial charge on any atom is -0.324 e. The standard InChI is InChI=1S/C14H32N.C7H8O3S/c1-5-9-10-11-12-13-14-15(6-2,7-3)8-4;1-6-2-4-7(5-3-6)11(8,9)10/h5-14H2,1-4H3;2-5H,1H3,(H,8,9,10)/q+1;. The molecule has 0 aliphatic rings. The Morgan fingerprint density at radius 1 is 0.808 bits per heavy atom. The molecule has 0 unspecified atom stereocenters. The molecule has 1 aromatic rings. The van der Waals surface area contributed by atoms with E-state index in [1.54, 1.807) is 12.1 Å². The fourth-order valence-corrected chi connectivity index (χ4v) is 3.56. The Morgan fingerprint density at radius 2 is 1.27 bits per heavy atom. The Hall–Kier alpha value is -0.910. The highest BCUT2D eigenvalue weighted by Gasteiger charge is 2.19. The second kappa shape index (κ2) is 13.3. The van der Waals surface area contributed by atoms with Crippen LogP contribution in [0.15, 0.2) is 29.2 Å². The fraction of sp³-hybridized carbons (Fsp3) is 0.714. The first kappa shape index (κ1) is 25.1. The summed E-state index contributed by atoms with van der Waals surface area (Å²) < 4.78 is 30.9. The van der Waals surface area contributed by atoms with Crippen LogP contribution in [0.4, 0.5) is 0 Å². The minimum absolute atomic E-state index is 0.0666. The van der Waals surface area contributed by atoms with Gasteiger partial charge in [-0.05, 0) is 52.7 Å². The first-order valence-electron chi connectivity index (χ1n) is 10.1. The topological polar surface area (TPSA) is 54.4 Å². The van der Waals surface area contributed by atoms with E-state index < -0.39 is 10.1 Å². The van der Waals surface area contributed by atoms with Crippen molar-refractivity contribution >= 4 is 10.1 Å². The van der Waals surface area contributed by atoms with Crippen LogP contribution in [0.2, 0.25) is 0 Å². The summed E-state index contributed by atoms with van der Waals surface area (Å²) in [7, 11) is -4.02. The van der Waals surface area contributed by atoms with E-state index >= 15 is 0 Å². The number of hydrogen-bond donors (Lipinski definition) is 1. The molecule has 5 heteroatoms. The van der Waals surface area contributed by atoms with E-state index in [4.69, 9.17) is 4.55 Å². The monoisotopic (exact) mass is 386 g/mol. The molecular formula is C21H40NO3S+. The third-order valence-corrected chi connectivity index (χ3v) is 6.19. The van der Waals surface area contributed by atoms with Crippen LogP contribution in [0, 0.1) is 6.92 Å². The predicted octanol–water partition coefficient (Wildman–Crippen LogP) is 5.47. The molecule has 1 rings (SSSR count). The van der Waals surface area contributed by atoms with Gasteiger partial charge in [0.2, 0.25) is 0 Å². The number of aryl methyl sites for hydroxylation is 1. The lowest BCUT2D eigenvalue weighted by atomic mass is 10.1. The van der Waals surface area contributed by atoms with Gasteiger partial charge in [-0.25, -0.2) is 0 Å². The molecule has 0 radical (unpaired) electrons. The van der Waals surface area contributed by atoms with Crippen molar-refractivity contribution in [3.63, 3.8) is 0 Å². The van der Waals surface area contributed by atoms with E-state index in [-0.39, 0.29) is 4.90 Å². The summed E-state index contributed by atoms with van der Waals surface area (Å²) in [6, 6.07) is 5.99. The molecule has 0 heterocycles. The Bertz CT molecular complexity index is 555. The third kappa shape index (κ3) is 10.3. The van der Waals surface area contributed by atoms with E-state index in [1.165, 1.54) is 81.3 Å². The highest BCUT2D eigenvalue weighted by atomic mass is 32.2. The van der Waals surface area contributed by atoms with Crippen molar-refractivity contribution in [2.75, 3.05) is 26.2 Å². The van der Waals surface area contributed by atoms with Crippen molar-refractivity contribution in [2.45, 2.75) is 78.0 Å². The summed E-state index contributed by atoms with van der Waals surface area (Å²) in [6.45, 7) is 16.5. The van der Waals surface area contributed by atoms with Gasteiger partial charge in [0.1, 0.15) is 0 Å². The van der Waals surface area contributed by atoms with Crippen LogP contribution in [0.5, 0.6) is 0 Å². The summed E-state index contributed by atoms with van der Waals surface area (Å²) in [6.07, 6.45) is 8.55. The van der Waals surface area contributed by atoms with Gasteiger partial charge >= 0.3 is 0 Å². The lowest BCUT2D eigenvalue weighted by Gasteiger charge is -2.35. The van der Waals surface area contributed by atoms with Gasteiger partial charge in [0, 0.05) is 0 Å². The largest absolute Gasteiger partial charge is 0.324 e. The van der Waals surface area contributed by atoms with Crippen molar-refractivity contribution < 1.29 is 17.5 Å². The molecule has 0 aliphatic heterocycles. The Labute approximate surface area is 162 Å². The third-order valence-electron chi connectivity index (χ3n) is 5.32. The average molecular weight is 387 g/mol. The van der Waals surface area contributed by atoms with Gasteiger partial charge in [-0.2, -0.15) is 8.42 Å².